The summed E-state index contributed by atoms with van der Waals surface area (Å²) in [6, 6.07) is 0. The maximum atomic E-state index is 12.1. The first-order valence-corrected chi connectivity index (χ1v) is 5.93. The first-order chi connectivity index (χ1) is 7.86. The van der Waals surface area contributed by atoms with Crippen LogP contribution in [0.15, 0.2) is 0 Å². The number of carbonyl (C=O) groups excluding carboxylic acids is 1. The van der Waals surface area contributed by atoms with E-state index in [1.54, 1.807) is 18.7 Å². The van der Waals surface area contributed by atoms with Gasteiger partial charge in [0.05, 0.1) is 0 Å². The summed E-state index contributed by atoms with van der Waals surface area (Å²) in [5, 5.41) is 8.77. The number of amides is 1. The van der Waals surface area contributed by atoms with Gasteiger partial charge in [-0.05, 0) is 32.6 Å². The highest BCUT2D eigenvalue weighted by molar-refractivity contribution is 5.84. The second kappa shape index (κ2) is 5.49. The summed E-state index contributed by atoms with van der Waals surface area (Å²) >= 11 is 0. The van der Waals surface area contributed by atoms with Gasteiger partial charge in [-0.25, -0.2) is 0 Å². The van der Waals surface area contributed by atoms with E-state index in [1.807, 2.05) is 0 Å². The highest BCUT2D eigenvalue weighted by atomic mass is 16.5. The monoisotopic (exact) mass is 243 g/mol. The van der Waals surface area contributed by atoms with Crippen molar-refractivity contribution in [2.24, 2.45) is 5.92 Å². The number of aliphatic carboxylic acids is 1. The zero-order chi connectivity index (χ0) is 13.1. The van der Waals surface area contributed by atoms with Gasteiger partial charge in [-0.2, -0.15) is 0 Å². The lowest BCUT2D eigenvalue weighted by molar-refractivity contribution is -0.153. The second-order valence-electron chi connectivity index (χ2n) is 5.07. The maximum absolute atomic E-state index is 12.1. The largest absolute Gasteiger partial charge is 0.481 e. The molecule has 1 unspecified atom stereocenters. The van der Waals surface area contributed by atoms with Crippen molar-refractivity contribution >= 4 is 11.9 Å². The molecule has 0 saturated carbocycles. The average molecular weight is 243 g/mol. The van der Waals surface area contributed by atoms with E-state index in [1.165, 1.54) is 7.11 Å². The summed E-state index contributed by atoms with van der Waals surface area (Å²) in [6.45, 7) is 4.69. The van der Waals surface area contributed by atoms with E-state index >= 15 is 0 Å². The van der Waals surface area contributed by atoms with Crippen molar-refractivity contribution in [1.82, 2.24) is 4.90 Å². The number of piperidine rings is 1. The predicted octanol–water partition coefficient (Wildman–Crippen LogP) is 1.12. The molecular formula is C12H21NO4. The zero-order valence-electron chi connectivity index (χ0n) is 10.7. The van der Waals surface area contributed by atoms with Crippen LogP contribution >= 0.6 is 0 Å². The molecule has 5 nitrogen and oxygen atoms in total. The molecule has 1 fully saturated rings. The third-order valence-electron chi connectivity index (χ3n) is 3.29. The van der Waals surface area contributed by atoms with E-state index in [-0.39, 0.29) is 18.2 Å². The van der Waals surface area contributed by atoms with E-state index in [4.69, 9.17) is 9.84 Å². The Morgan fingerprint density at radius 3 is 2.65 bits per heavy atom. The molecule has 98 valence electrons. The van der Waals surface area contributed by atoms with Crippen LogP contribution in [-0.2, 0) is 14.3 Å². The summed E-state index contributed by atoms with van der Waals surface area (Å²) in [7, 11) is 1.51. The van der Waals surface area contributed by atoms with Crippen LogP contribution in [0.4, 0.5) is 0 Å². The number of carbonyl (C=O) groups is 2. The molecular weight excluding hydrogens is 222 g/mol. The summed E-state index contributed by atoms with van der Waals surface area (Å²) in [4.78, 5) is 24.5. The zero-order valence-corrected chi connectivity index (χ0v) is 10.7. The first kappa shape index (κ1) is 14.0. The van der Waals surface area contributed by atoms with Crippen LogP contribution in [0.3, 0.4) is 0 Å². The number of methoxy groups -OCH3 is 1. The molecule has 1 heterocycles. The van der Waals surface area contributed by atoms with Crippen LogP contribution in [0.25, 0.3) is 0 Å². The van der Waals surface area contributed by atoms with Crippen LogP contribution in [0, 0.1) is 5.92 Å². The SMILES string of the molecule is COC(C)(C)C(=O)N1CCCC(CC(=O)O)C1. The Morgan fingerprint density at radius 2 is 2.12 bits per heavy atom. The quantitative estimate of drug-likeness (QED) is 0.803. The molecule has 1 amide bonds. The van der Waals surface area contributed by atoms with E-state index in [9.17, 15) is 9.59 Å². The van der Waals surface area contributed by atoms with Crippen LogP contribution in [0.1, 0.15) is 33.1 Å². The van der Waals surface area contributed by atoms with Gasteiger partial charge >= 0.3 is 5.97 Å². The lowest BCUT2D eigenvalue weighted by Crippen LogP contribution is -2.50. The summed E-state index contributed by atoms with van der Waals surface area (Å²) in [5.41, 5.74) is -0.828. The fourth-order valence-corrected chi connectivity index (χ4v) is 2.13. The molecule has 1 atom stereocenters. The standard InChI is InChI=1S/C12H21NO4/c1-12(2,17-3)11(16)13-6-4-5-9(8-13)7-10(14)15/h9H,4-8H2,1-3H3,(H,14,15). The average Bonchev–Trinajstić information content (AvgIpc) is 2.27. The van der Waals surface area contributed by atoms with E-state index < -0.39 is 11.6 Å². The molecule has 1 aliphatic rings. The van der Waals surface area contributed by atoms with Crippen molar-refractivity contribution in [3.8, 4) is 0 Å². The molecule has 5 heteroatoms. The van der Waals surface area contributed by atoms with E-state index in [0.29, 0.717) is 13.1 Å². The van der Waals surface area contributed by atoms with Crippen molar-refractivity contribution < 1.29 is 19.4 Å². The topological polar surface area (TPSA) is 66.8 Å². The fourth-order valence-electron chi connectivity index (χ4n) is 2.13. The normalized spacial score (nSPS) is 21.4. The molecule has 0 radical (unpaired) electrons. The molecule has 0 aromatic rings. The first-order valence-electron chi connectivity index (χ1n) is 5.93. The van der Waals surface area contributed by atoms with E-state index in [2.05, 4.69) is 0 Å². The van der Waals surface area contributed by atoms with Gasteiger partial charge in [0, 0.05) is 26.6 Å². The number of ether oxygens (including phenoxy) is 1. The third-order valence-corrected chi connectivity index (χ3v) is 3.29. The number of rotatable bonds is 4. The minimum Gasteiger partial charge on any atom is -0.481 e. The van der Waals surface area contributed by atoms with Crippen LogP contribution < -0.4 is 0 Å². The lowest BCUT2D eigenvalue weighted by Gasteiger charge is -2.36. The van der Waals surface area contributed by atoms with Crippen molar-refractivity contribution in [2.75, 3.05) is 20.2 Å². The fraction of sp³-hybridized carbons (Fsp3) is 0.833. The Hall–Kier alpha value is -1.10. The molecule has 0 aromatic heterocycles. The third kappa shape index (κ3) is 3.70. The number of carboxylic acids is 1. The van der Waals surface area contributed by atoms with Crippen LogP contribution in [0.5, 0.6) is 0 Å². The Balaban J connectivity index is 2.60. The molecule has 0 aromatic carbocycles. The lowest BCUT2D eigenvalue weighted by atomic mass is 9.93. The van der Waals surface area contributed by atoms with Crippen molar-refractivity contribution in [2.45, 2.75) is 38.7 Å². The predicted molar refractivity (Wildman–Crippen MR) is 62.6 cm³/mol. The summed E-state index contributed by atoms with van der Waals surface area (Å²) in [5.74, 6) is -0.789. The summed E-state index contributed by atoms with van der Waals surface area (Å²) in [6.07, 6.45) is 1.88. The Labute approximate surface area is 102 Å². The van der Waals surface area contributed by atoms with E-state index in [0.717, 1.165) is 12.8 Å². The van der Waals surface area contributed by atoms with Gasteiger partial charge in [0.25, 0.3) is 5.91 Å². The minimum atomic E-state index is -0.828. The van der Waals surface area contributed by atoms with Crippen molar-refractivity contribution in [1.29, 1.82) is 0 Å². The van der Waals surface area contributed by atoms with Gasteiger partial charge in [-0.1, -0.05) is 0 Å². The van der Waals surface area contributed by atoms with Crippen LogP contribution in [0.2, 0.25) is 0 Å². The summed E-state index contributed by atoms with van der Waals surface area (Å²) < 4.78 is 5.16. The number of hydrogen-bond acceptors (Lipinski definition) is 3. The molecule has 0 bridgehead atoms. The number of hydrogen-bond donors (Lipinski definition) is 1. The molecule has 1 aliphatic heterocycles. The molecule has 1 rings (SSSR count). The molecule has 1 saturated heterocycles. The second-order valence-corrected chi connectivity index (χ2v) is 5.07. The Bertz CT molecular complexity index is 301. The number of nitrogens with zero attached hydrogens (tertiary/aromatic N) is 1. The molecule has 1 N–H and O–H groups in total. The highest BCUT2D eigenvalue weighted by Gasteiger charge is 2.34. The van der Waals surface area contributed by atoms with Gasteiger partial charge in [0.2, 0.25) is 0 Å². The van der Waals surface area contributed by atoms with Crippen molar-refractivity contribution in [3.05, 3.63) is 0 Å². The van der Waals surface area contributed by atoms with Crippen molar-refractivity contribution in [3.63, 3.8) is 0 Å². The number of likely N-dealkylation sites (tertiary alicyclic amines) is 1. The molecule has 17 heavy (non-hydrogen) atoms. The molecule has 0 spiro atoms. The van der Waals surface area contributed by atoms with Gasteiger partial charge in [0.1, 0.15) is 5.60 Å². The Kier molecular flexibility index (Phi) is 4.51. The molecule has 0 aliphatic carbocycles. The number of carboxylic acid groups (broad SMARTS) is 1. The smallest absolute Gasteiger partial charge is 0.303 e. The maximum Gasteiger partial charge on any atom is 0.303 e. The van der Waals surface area contributed by atoms with Crippen LogP contribution in [-0.4, -0.2) is 47.7 Å². The van der Waals surface area contributed by atoms with Gasteiger partial charge < -0.3 is 14.7 Å². The highest BCUT2D eigenvalue weighted by Crippen LogP contribution is 2.23. The minimum absolute atomic E-state index is 0.0601. The van der Waals surface area contributed by atoms with Gasteiger partial charge in [-0.3, -0.25) is 9.59 Å². The Morgan fingerprint density at radius 1 is 1.47 bits per heavy atom. The van der Waals surface area contributed by atoms with Gasteiger partial charge in [0.15, 0.2) is 0 Å². The van der Waals surface area contributed by atoms with Gasteiger partial charge in [-0.15, -0.1) is 0 Å².